The maximum Gasteiger partial charge on any atom is 0.227 e. The molecule has 0 bridgehead atoms. The van der Waals surface area contributed by atoms with Crippen LogP contribution in [0.5, 0.6) is 0 Å². The molecule has 0 aromatic carbocycles. The smallest absolute Gasteiger partial charge is 0.227 e. The van der Waals surface area contributed by atoms with Gasteiger partial charge in [0.2, 0.25) is 5.24 Å². The van der Waals surface area contributed by atoms with Gasteiger partial charge in [-0.05, 0) is 17.5 Å². The number of carbonyl (C=O) groups is 1. The quantitative estimate of drug-likeness (QED) is 0.584. The summed E-state index contributed by atoms with van der Waals surface area (Å²) in [4.78, 5) is 10.8. The van der Waals surface area contributed by atoms with Gasteiger partial charge in [-0.15, -0.1) is 0 Å². The lowest BCUT2D eigenvalue weighted by Crippen LogP contribution is -2.27. The highest BCUT2D eigenvalue weighted by Gasteiger charge is 2.30. The molecule has 2 heteroatoms. The van der Waals surface area contributed by atoms with E-state index >= 15 is 0 Å². The zero-order valence-electron chi connectivity index (χ0n) is 7.07. The van der Waals surface area contributed by atoms with Gasteiger partial charge in [-0.2, -0.15) is 0 Å². The zero-order chi connectivity index (χ0) is 8.36. The lowest BCUT2D eigenvalue weighted by molar-refractivity contribution is -0.121. The molecule has 1 nitrogen and oxygen atoms in total. The van der Waals surface area contributed by atoms with Crippen molar-refractivity contribution in [1.82, 2.24) is 0 Å². The van der Waals surface area contributed by atoms with E-state index < -0.39 is 0 Å². The minimum absolute atomic E-state index is 0.234. The molecule has 0 saturated carbocycles. The largest absolute Gasteiger partial charge is 0.281 e. The molecular weight excluding hydrogens is 148 g/mol. The molecular formula is C8H15ClO. The molecule has 0 aliphatic carbocycles. The zero-order valence-corrected chi connectivity index (χ0v) is 7.83. The Kier molecular flexibility index (Phi) is 3.37. The van der Waals surface area contributed by atoms with E-state index in [1.165, 1.54) is 0 Å². The lowest BCUT2D eigenvalue weighted by Gasteiger charge is -2.26. The van der Waals surface area contributed by atoms with Crippen molar-refractivity contribution in [3.05, 3.63) is 0 Å². The van der Waals surface area contributed by atoms with Crippen LogP contribution in [0.3, 0.4) is 0 Å². The molecule has 0 aliphatic rings. The summed E-state index contributed by atoms with van der Waals surface area (Å²) in [6, 6.07) is 0. The first-order valence-electron chi connectivity index (χ1n) is 3.62. The van der Waals surface area contributed by atoms with Crippen molar-refractivity contribution in [2.45, 2.75) is 34.1 Å². The van der Waals surface area contributed by atoms with Crippen LogP contribution in [0.1, 0.15) is 34.1 Å². The molecule has 1 atom stereocenters. The third kappa shape index (κ3) is 1.98. The fourth-order valence-corrected chi connectivity index (χ4v) is 0.890. The third-order valence-electron chi connectivity index (χ3n) is 2.35. The molecule has 1 unspecified atom stereocenters. The lowest BCUT2D eigenvalue weighted by atomic mass is 9.80. The van der Waals surface area contributed by atoms with Crippen LogP contribution in [0, 0.1) is 11.3 Å². The second kappa shape index (κ2) is 3.38. The number of hydrogen-bond acceptors (Lipinski definition) is 1. The Morgan fingerprint density at radius 3 is 2.10 bits per heavy atom. The van der Waals surface area contributed by atoms with Gasteiger partial charge in [-0.1, -0.05) is 34.1 Å². The van der Waals surface area contributed by atoms with Crippen molar-refractivity contribution in [1.29, 1.82) is 0 Å². The highest BCUT2D eigenvalue weighted by Crippen LogP contribution is 2.31. The molecule has 0 rings (SSSR count). The van der Waals surface area contributed by atoms with Crippen LogP contribution >= 0.6 is 11.6 Å². The van der Waals surface area contributed by atoms with Gasteiger partial charge >= 0.3 is 0 Å². The predicted molar refractivity (Wildman–Crippen MR) is 44.1 cm³/mol. The van der Waals surface area contributed by atoms with Gasteiger partial charge in [0.05, 0.1) is 0 Å². The first kappa shape index (κ1) is 9.96. The van der Waals surface area contributed by atoms with Crippen molar-refractivity contribution in [3.63, 3.8) is 0 Å². The molecule has 0 saturated heterocycles. The average molecular weight is 163 g/mol. The number of halogens is 1. The Bertz CT molecular complexity index is 129. The minimum Gasteiger partial charge on any atom is -0.281 e. The monoisotopic (exact) mass is 162 g/mol. The van der Waals surface area contributed by atoms with Gasteiger partial charge in [-0.3, -0.25) is 4.79 Å². The van der Waals surface area contributed by atoms with Crippen LogP contribution in [0.25, 0.3) is 0 Å². The maximum atomic E-state index is 10.8. The number of rotatable bonds is 3. The van der Waals surface area contributed by atoms with Crippen LogP contribution < -0.4 is 0 Å². The van der Waals surface area contributed by atoms with Crippen molar-refractivity contribution in [3.8, 4) is 0 Å². The first-order valence-corrected chi connectivity index (χ1v) is 4.00. The van der Waals surface area contributed by atoms with Crippen LogP contribution in [-0.2, 0) is 4.79 Å². The molecule has 0 N–H and O–H groups in total. The van der Waals surface area contributed by atoms with Gasteiger partial charge in [0.15, 0.2) is 0 Å². The maximum absolute atomic E-state index is 10.8. The summed E-state index contributed by atoms with van der Waals surface area (Å²) < 4.78 is 0. The summed E-state index contributed by atoms with van der Waals surface area (Å²) in [5.74, 6) is 0.359. The Morgan fingerprint density at radius 1 is 1.60 bits per heavy atom. The van der Waals surface area contributed by atoms with Crippen LogP contribution in [0.4, 0.5) is 0 Å². The average Bonchev–Trinajstić information content (AvgIpc) is 1.86. The molecule has 10 heavy (non-hydrogen) atoms. The highest BCUT2D eigenvalue weighted by atomic mass is 35.5. The number of hydrogen-bond donors (Lipinski definition) is 0. The van der Waals surface area contributed by atoms with E-state index in [0.29, 0.717) is 5.92 Å². The van der Waals surface area contributed by atoms with Gasteiger partial charge in [0.25, 0.3) is 0 Å². The van der Waals surface area contributed by atoms with Crippen molar-refractivity contribution in [2.75, 3.05) is 0 Å². The molecule has 60 valence electrons. The Morgan fingerprint density at radius 2 is 2.00 bits per heavy atom. The van der Waals surface area contributed by atoms with Crippen LogP contribution in [-0.4, -0.2) is 5.24 Å². The fourth-order valence-electron chi connectivity index (χ4n) is 0.704. The van der Waals surface area contributed by atoms with E-state index in [1.54, 1.807) is 0 Å². The van der Waals surface area contributed by atoms with E-state index in [4.69, 9.17) is 11.6 Å². The second-order valence-corrected chi connectivity index (χ2v) is 3.65. The molecule has 0 radical (unpaired) electrons. The molecule has 0 aromatic rings. The normalized spacial score (nSPS) is 14.9. The predicted octanol–water partition coefficient (Wildman–Crippen LogP) is 2.82. The fraction of sp³-hybridized carbons (Fsp3) is 0.875. The summed E-state index contributed by atoms with van der Waals surface area (Å²) in [6.07, 6.45) is 0.992. The van der Waals surface area contributed by atoms with E-state index in [0.717, 1.165) is 6.42 Å². The third-order valence-corrected chi connectivity index (χ3v) is 2.84. The molecule has 0 amide bonds. The van der Waals surface area contributed by atoms with Gasteiger partial charge in [0, 0.05) is 5.41 Å². The van der Waals surface area contributed by atoms with Gasteiger partial charge in [-0.25, -0.2) is 0 Å². The van der Waals surface area contributed by atoms with Gasteiger partial charge in [0.1, 0.15) is 0 Å². The summed E-state index contributed by atoms with van der Waals surface area (Å²) in [7, 11) is 0. The molecule has 0 aromatic heterocycles. The Hall–Kier alpha value is -0.0400. The first-order chi connectivity index (χ1) is 4.42. The van der Waals surface area contributed by atoms with E-state index in [2.05, 4.69) is 6.92 Å². The minimum atomic E-state index is -0.365. The van der Waals surface area contributed by atoms with E-state index in [-0.39, 0.29) is 10.7 Å². The standard InChI is InChI=1S/C8H15ClO/c1-5-6(2)8(3,4)7(9)10/h6H,5H2,1-4H3. The van der Waals surface area contributed by atoms with E-state index in [1.807, 2.05) is 20.8 Å². The molecule has 0 spiro atoms. The van der Waals surface area contributed by atoms with Crippen molar-refractivity contribution < 1.29 is 4.79 Å². The topological polar surface area (TPSA) is 17.1 Å². The van der Waals surface area contributed by atoms with Crippen LogP contribution in [0.2, 0.25) is 0 Å². The Balaban J connectivity index is 4.23. The second-order valence-electron chi connectivity index (χ2n) is 3.30. The highest BCUT2D eigenvalue weighted by molar-refractivity contribution is 6.64. The Labute approximate surface area is 67.8 Å². The van der Waals surface area contributed by atoms with Crippen LogP contribution in [0.15, 0.2) is 0 Å². The van der Waals surface area contributed by atoms with E-state index in [9.17, 15) is 4.79 Å². The van der Waals surface area contributed by atoms with Gasteiger partial charge < -0.3 is 0 Å². The summed E-state index contributed by atoms with van der Waals surface area (Å²) in [5.41, 5.74) is -0.365. The SMILES string of the molecule is CCC(C)C(C)(C)C(=O)Cl. The van der Waals surface area contributed by atoms with Crippen molar-refractivity contribution in [2.24, 2.45) is 11.3 Å². The summed E-state index contributed by atoms with van der Waals surface area (Å²) >= 11 is 5.40. The van der Waals surface area contributed by atoms with Crippen molar-refractivity contribution >= 4 is 16.8 Å². The molecule has 0 aliphatic heterocycles. The summed E-state index contributed by atoms with van der Waals surface area (Å²) in [5, 5.41) is -0.234. The number of carbonyl (C=O) groups excluding carboxylic acids is 1. The summed E-state index contributed by atoms with van der Waals surface area (Å²) in [6.45, 7) is 7.87. The molecule has 0 fully saturated rings. The molecule has 0 heterocycles.